The van der Waals surface area contributed by atoms with Gasteiger partial charge in [-0.25, -0.2) is 0 Å². The van der Waals surface area contributed by atoms with E-state index < -0.39 is 0 Å². The van der Waals surface area contributed by atoms with E-state index in [1.807, 2.05) is 0 Å². The standard InChI is InChI=1S/C54H46N2/c1-54(36-10-11-37-54)49-38-40(21-20-39-22-31-46(32-23-39)55-50-16-6-2-12-42(50)25-26-43-13-3-7-17-51(43)55)24-35-48(49)41-29-33-47(34-30-41)56-52-18-8-4-14-44(52)27-28-45-15-5-9-19-53(45)56/h2-8,12-18,20-35,38H,9-11,19,36-37H2,1H3/b21-20+. The fraction of sp³-hybridized carbons (Fsp3) is 0.148. The van der Waals surface area contributed by atoms with Crippen molar-refractivity contribution in [1.82, 2.24) is 0 Å². The van der Waals surface area contributed by atoms with Gasteiger partial charge >= 0.3 is 0 Å². The highest BCUT2D eigenvalue weighted by Gasteiger charge is 2.33. The topological polar surface area (TPSA) is 6.48 Å². The molecule has 0 unspecified atom stereocenters. The summed E-state index contributed by atoms with van der Waals surface area (Å²) in [6.07, 6.45) is 25.3. The van der Waals surface area contributed by atoms with Crippen molar-refractivity contribution in [2.75, 3.05) is 9.80 Å². The fourth-order valence-electron chi connectivity index (χ4n) is 9.33. The number of anilines is 5. The summed E-state index contributed by atoms with van der Waals surface area (Å²) in [4.78, 5) is 4.87. The average molecular weight is 723 g/mol. The Labute approximate surface area is 331 Å². The number of fused-ring (bicyclic) bond motifs is 3. The molecule has 0 N–H and O–H groups in total. The highest BCUT2D eigenvalue weighted by atomic mass is 15.2. The minimum Gasteiger partial charge on any atom is -0.313 e. The molecule has 0 atom stereocenters. The molecule has 6 aromatic carbocycles. The van der Waals surface area contributed by atoms with Gasteiger partial charge in [-0.1, -0.05) is 165 Å². The van der Waals surface area contributed by atoms with Crippen LogP contribution < -0.4 is 9.80 Å². The lowest BCUT2D eigenvalue weighted by Gasteiger charge is -2.31. The summed E-state index contributed by atoms with van der Waals surface area (Å²) >= 11 is 0. The third kappa shape index (κ3) is 6.26. The number of hydrogen-bond donors (Lipinski definition) is 0. The molecule has 4 aliphatic rings. The van der Waals surface area contributed by atoms with Crippen LogP contribution in [-0.4, -0.2) is 0 Å². The highest BCUT2D eigenvalue weighted by Crippen LogP contribution is 2.47. The van der Waals surface area contributed by atoms with Crippen LogP contribution in [-0.2, 0) is 5.41 Å². The first-order valence-corrected chi connectivity index (χ1v) is 20.3. The Bertz CT molecular complexity index is 2540. The quantitative estimate of drug-likeness (QED) is 0.158. The maximum atomic E-state index is 2.49. The van der Waals surface area contributed by atoms with Crippen molar-refractivity contribution in [2.45, 2.75) is 50.9 Å². The van der Waals surface area contributed by atoms with Crippen LogP contribution in [0.3, 0.4) is 0 Å². The minimum absolute atomic E-state index is 0.164. The summed E-state index contributed by atoms with van der Waals surface area (Å²) in [6, 6.07) is 51.5. The monoisotopic (exact) mass is 722 g/mol. The predicted molar refractivity (Wildman–Crippen MR) is 240 cm³/mol. The van der Waals surface area contributed by atoms with Gasteiger partial charge in [-0.2, -0.15) is 0 Å². The summed E-state index contributed by atoms with van der Waals surface area (Å²) < 4.78 is 0. The molecule has 0 amide bonds. The van der Waals surface area contributed by atoms with E-state index in [2.05, 4.69) is 205 Å². The Morgan fingerprint density at radius 2 is 1.05 bits per heavy atom. The number of benzene rings is 6. The molecular weight excluding hydrogens is 677 g/mol. The van der Waals surface area contributed by atoms with E-state index in [9.17, 15) is 0 Å². The molecule has 2 nitrogen and oxygen atoms in total. The third-order valence-electron chi connectivity index (χ3n) is 12.3. The lowest BCUT2D eigenvalue weighted by atomic mass is 9.76. The summed E-state index contributed by atoms with van der Waals surface area (Å²) in [5.74, 6) is 0. The Kier molecular flexibility index (Phi) is 8.75. The molecular formula is C54H46N2. The molecule has 272 valence electrons. The van der Waals surface area contributed by atoms with Gasteiger partial charge in [0.25, 0.3) is 0 Å². The third-order valence-corrected chi connectivity index (χ3v) is 12.3. The summed E-state index contributed by atoms with van der Waals surface area (Å²) in [7, 11) is 0. The Balaban J connectivity index is 0.956. The molecule has 2 heteroatoms. The van der Waals surface area contributed by atoms with Crippen LogP contribution in [0.1, 0.15) is 78.8 Å². The van der Waals surface area contributed by atoms with Gasteiger partial charge in [0, 0.05) is 17.1 Å². The Morgan fingerprint density at radius 3 is 1.71 bits per heavy atom. The fourth-order valence-corrected chi connectivity index (χ4v) is 9.33. The van der Waals surface area contributed by atoms with E-state index >= 15 is 0 Å². The molecule has 0 saturated heterocycles. The summed E-state index contributed by atoms with van der Waals surface area (Å²) in [6.45, 7) is 2.49. The highest BCUT2D eigenvalue weighted by molar-refractivity contribution is 5.93. The van der Waals surface area contributed by atoms with Crippen molar-refractivity contribution >= 4 is 58.8 Å². The molecule has 1 fully saturated rings. The van der Waals surface area contributed by atoms with Gasteiger partial charge < -0.3 is 9.80 Å². The molecule has 2 aliphatic carbocycles. The smallest absolute Gasteiger partial charge is 0.0534 e. The molecule has 6 aromatic rings. The zero-order valence-corrected chi connectivity index (χ0v) is 32.0. The molecule has 10 rings (SSSR count). The van der Waals surface area contributed by atoms with Crippen LogP contribution in [0, 0.1) is 0 Å². The largest absolute Gasteiger partial charge is 0.313 e. The van der Waals surface area contributed by atoms with Crippen LogP contribution >= 0.6 is 0 Å². The summed E-state index contributed by atoms with van der Waals surface area (Å²) in [5.41, 5.74) is 19.1. The first kappa shape index (κ1) is 34.1. The first-order valence-electron chi connectivity index (χ1n) is 20.3. The second-order valence-electron chi connectivity index (χ2n) is 15.9. The van der Waals surface area contributed by atoms with Crippen molar-refractivity contribution in [3.8, 4) is 11.1 Å². The molecule has 2 aliphatic heterocycles. The molecule has 0 spiro atoms. The molecule has 0 bridgehead atoms. The maximum absolute atomic E-state index is 2.49. The zero-order chi connectivity index (χ0) is 37.5. The van der Waals surface area contributed by atoms with Crippen LogP contribution in [0.4, 0.5) is 28.4 Å². The molecule has 56 heavy (non-hydrogen) atoms. The Hall–Kier alpha value is -6.38. The summed E-state index contributed by atoms with van der Waals surface area (Å²) in [5, 5.41) is 0. The van der Waals surface area contributed by atoms with E-state index in [0.717, 1.165) is 18.5 Å². The van der Waals surface area contributed by atoms with E-state index in [1.165, 1.54) is 104 Å². The number of nitrogens with zero attached hydrogens (tertiary/aromatic N) is 2. The van der Waals surface area contributed by atoms with Crippen molar-refractivity contribution in [3.05, 3.63) is 202 Å². The molecule has 0 aromatic heterocycles. The lowest BCUT2D eigenvalue weighted by molar-refractivity contribution is 0.493. The molecule has 0 radical (unpaired) electrons. The SMILES string of the molecule is CC1(c2cc(/C=C/c3ccc(N4c5ccccc5C=Cc5ccccc54)cc3)ccc2-c2ccc(N3C4=C(C=CCC4)C=Cc4ccccc43)cc2)CCCC1. The number of allylic oxidation sites excluding steroid dienone is 5. The van der Waals surface area contributed by atoms with Gasteiger partial charge in [0.15, 0.2) is 0 Å². The number of rotatable bonds is 6. The first-order chi connectivity index (χ1) is 27.6. The average Bonchev–Trinajstić information content (AvgIpc) is 3.54. The molecule has 1 saturated carbocycles. The lowest BCUT2D eigenvalue weighted by Crippen LogP contribution is -2.19. The van der Waals surface area contributed by atoms with Gasteiger partial charge in [-0.15, -0.1) is 0 Å². The van der Waals surface area contributed by atoms with Crippen LogP contribution in [0.5, 0.6) is 0 Å². The van der Waals surface area contributed by atoms with Crippen molar-refractivity contribution < 1.29 is 0 Å². The van der Waals surface area contributed by atoms with Crippen molar-refractivity contribution in [3.63, 3.8) is 0 Å². The van der Waals surface area contributed by atoms with Crippen molar-refractivity contribution in [2.24, 2.45) is 0 Å². The van der Waals surface area contributed by atoms with Crippen LogP contribution in [0.2, 0.25) is 0 Å². The van der Waals surface area contributed by atoms with Crippen LogP contribution in [0.15, 0.2) is 169 Å². The van der Waals surface area contributed by atoms with Crippen molar-refractivity contribution in [1.29, 1.82) is 0 Å². The predicted octanol–water partition coefficient (Wildman–Crippen LogP) is 15.1. The molecule has 2 heterocycles. The van der Waals surface area contributed by atoms with Gasteiger partial charge in [0.05, 0.1) is 17.1 Å². The van der Waals surface area contributed by atoms with Gasteiger partial charge in [0.2, 0.25) is 0 Å². The number of hydrogen-bond acceptors (Lipinski definition) is 2. The zero-order valence-electron chi connectivity index (χ0n) is 32.0. The number of para-hydroxylation sites is 3. The van der Waals surface area contributed by atoms with E-state index in [-0.39, 0.29) is 5.41 Å². The van der Waals surface area contributed by atoms with Crippen LogP contribution in [0.25, 0.3) is 41.5 Å². The normalized spacial score (nSPS) is 16.7. The van der Waals surface area contributed by atoms with Gasteiger partial charge in [-0.05, 0) is 124 Å². The second-order valence-corrected chi connectivity index (χ2v) is 15.9. The van der Waals surface area contributed by atoms with Gasteiger partial charge in [0.1, 0.15) is 0 Å². The van der Waals surface area contributed by atoms with E-state index in [0.29, 0.717) is 0 Å². The second kappa shape index (κ2) is 14.4. The maximum Gasteiger partial charge on any atom is 0.0534 e. The van der Waals surface area contributed by atoms with E-state index in [4.69, 9.17) is 0 Å². The van der Waals surface area contributed by atoms with Gasteiger partial charge in [-0.3, -0.25) is 0 Å². The Morgan fingerprint density at radius 1 is 0.518 bits per heavy atom. The minimum atomic E-state index is 0.164. The van der Waals surface area contributed by atoms with E-state index in [1.54, 1.807) is 0 Å².